The Balaban J connectivity index is 2.09. The Kier molecular flexibility index (Phi) is 3.79. The van der Waals surface area contributed by atoms with Crippen LogP contribution in [0.3, 0.4) is 0 Å². The van der Waals surface area contributed by atoms with Gasteiger partial charge in [0.2, 0.25) is 5.88 Å². The Morgan fingerprint density at radius 2 is 2.11 bits per heavy atom. The second-order valence-electron chi connectivity index (χ2n) is 3.91. The van der Waals surface area contributed by atoms with Crippen molar-refractivity contribution in [2.24, 2.45) is 0 Å². The van der Waals surface area contributed by atoms with Crippen molar-refractivity contribution in [3.63, 3.8) is 0 Å². The summed E-state index contributed by atoms with van der Waals surface area (Å²) >= 11 is 0. The number of hydrogen-bond donors (Lipinski definition) is 2. The average Bonchev–Trinajstić information content (AvgIpc) is 2.41. The minimum Gasteiger partial charge on any atom is -0.481 e. The first-order valence-corrected chi connectivity index (χ1v) is 5.57. The standard InChI is InChI=1S/C13H13F2N3O/c1-19-12-3-2-8(7-18-12)6-17-11-5-9(14)4-10(15)13(11)16/h2-5,7,17H,6,16H2,1H3. The first-order valence-electron chi connectivity index (χ1n) is 5.57. The molecule has 19 heavy (non-hydrogen) atoms. The van der Waals surface area contributed by atoms with E-state index < -0.39 is 11.6 Å². The maximum absolute atomic E-state index is 13.2. The first kappa shape index (κ1) is 13.1. The number of nitrogens with one attached hydrogen (secondary N) is 1. The number of benzene rings is 1. The fourth-order valence-corrected chi connectivity index (χ4v) is 1.56. The first-order chi connectivity index (χ1) is 9.10. The maximum atomic E-state index is 13.2. The van der Waals surface area contributed by atoms with E-state index in [1.165, 1.54) is 7.11 Å². The molecule has 2 rings (SSSR count). The quantitative estimate of drug-likeness (QED) is 0.834. The predicted molar refractivity (Wildman–Crippen MR) is 68.9 cm³/mol. The van der Waals surface area contributed by atoms with E-state index in [9.17, 15) is 8.78 Å². The SMILES string of the molecule is COc1ccc(CNc2cc(F)cc(F)c2N)cn1. The van der Waals surface area contributed by atoms with Gasteiger partial charge in [-0.05, 0) is 11.6 Å². The van der Waals surface area contributed by atoms with Gasteiger partial charge in [-0.1, -0.05) is 6.07 Å². The van der Waals surface area contributed by atoms with Crippen molar-refractivity contribution in [3.05, 3.63) is 47.7 Å². The topological polar surface area (TPSA) is 60.2 Å². The third kappa shape index (κ3) is 3.09. The van der Waals surface area contributed by atoms with Crippen LogP contribution in [0.25, 0.3) is 0 Å². The van der Waals surface area contributed by atoms with Crippen molar-refractivity contribution in [2.75, 3.05) is 18.2 Å². The molecule has 0 aliphatic carbocycles. The largest absolute Gasteiger partial charge is 0.481 e. The number of halogens is 2. The predicted octanol–water partition coefficient (Wildman–Crippen LogP) is 2.56. The molecule has 0 amide bonds. The van der Waals surface area contributed by atoms with E-state index in [0.717, 1.165) is 17.7 Å². The Morgan fingerprint density at radius 3 is 2.74 bits per heavy atom. The molecule has 0 saturated heterocycles. The van der Waals surface area contributed by atoms with Gasteiger partial charge < -0.3 is 15.8 Å². The third-order valence-corrected chi connectivity index (χ3v) is 2.58. The van der Waals surface area contributed by atoms with Crippen molar-refractivity contribution in [3.8, 4) is 5.88 Å². The van der Waals surface area contributed by atoms with Gasteiger partial charge in [0.05, 0.1) is 18.5 Å². The summed E-state index contributed by atoms with van der Waals surface area (Å²) in [4.78, 5) is 4.03. The zero-order valence-corrected chi connectivity index (χ0v) is 10.3. The van der Waals surface area contributed by atoms with Gasteiger partial charge in [0.25, 0.3) is 0 Å². The number of aromatic nitrogens is 1. The van der Waals surface area contributed by atoms with Gasteiger partial charge in [-0.3, -0.25) is 0 Å². The Hall–Kier alpha value is -2.37. The third-order valence-electron chi connectivity index (χ3n) is 2.58. The molecule has 4 nitrogen and oxygen atoms in total. The van der Waals surface area contributed by atoms with Gasteiger partial charge >= 0.3 is 0 Å². The molecule has 0 fully saturated rings. The molecule has 1 heterocycles. The molecule has 0 aliphatic rings. The minimum atomic E-state index is -0.782. The molecule has 0 spiro atoms. The fourth-order valence-electron chi connectivity index (χ4n) is 1.56. The van der Waals surface area contributed by atoms with Crippen LogP contribution in [0.4, 0.5) is 20.2 Å². The molecule has 0 saturated carbocycles. The fraction of sp³-hybridized carbons (Fsp3) is 0.154. The molecule has 0 unspecified atom stereocenters. The number of anilines is 2. The van der Waals surface area contributed by atoms with Crippen LogP contribution in [0, 0.1) is 11.6 Å². The summed E-state index contributed by atoms with van der Waals surface area (Å²) in [5, 5.41) is 2.86. The van der Waals surface area contributed by atoms with E-state index in [1.54, 1.807) is 18.3 Å². The number of nitrogens with two attached hydrogens (primary N) is 1. The van der Waals surface area contributed by atoms with Crippen molar-refractivity contribution in [1.29, 1.82) is 0 Å². The van der Waals surface area contributed by atoms with Crippen LogP contribution in [0.5, 0.6) is 5.88 Å². The second kappa shape index (κ2) is 5.51. The van der Waals surface area contributed by atoms with Crippen molar-refractivity contribution in [1.82, 2.24) is 4.98 Å². The molecule has 0 bridgehead atoms. The van der Waals surface area contributed by atoms with Gasteiger partial charge in [0.15, 0.2) is 5.82 Å². The normalized spacial score (nSPS) is 10.3. The molecule has 0 aliphatic heterocycles. The van der Waals surface area contributed by atoms with Gasteiger partial charge in [-0.15, -0.1) is 0 Å². The van der Waals surface area contributed by atoms with E-state index in [1.807, 2.05) is 0 Å². The number of pyridine rings is 1. The van der Waals surface area contributed by atoms with Crippen LogP contribution < -0.4 is 15.8 Å². The molecule has 0 radical (unpaired) electrons. The van der Waals surface area contributed by atoms with Crippen LogP contribution >= 0.6 is 0 Å². The minimum absolute atomic E-state index is 0.108. The second-order valence-corrected chi connectivity index (χ2v) is 3.91. The Bertz CT molecular complexity index is 573. The number of methoxy groups -OCH3 is 1. The number of ether oxygens (including phenoxy) is 1. The summed E-state index contributed by atoms with van der Waals surface area (Å²) in [5.41, 5.74) is 6.47. The molecule has 1 aromatic heterocycles. The molecule has 6 heteroatoms. The van der Waals surface area contributed by atoms with Crippen LogP contribution in [0.1, 0.15) is 5.56 Å². The van der Waals surface area contributed by atoms with Crippen LogP contribution in [0.15, 0.2) is 30.5 Å². The summed E-state index contributed by atoms with van der Waals surface area (Å²) in [5.74, 6) is -0.961. The lowest BCUT2D eigenvalue weighted by molar-refractivity contribution is 0.397. The van der Waals surface area contributed by atoms with E-state index in [2.05, 4.69) is 10.3 Å². The molecule has 3 N–H and O–H groups in total. The van der Waals surface area contributed by atoms with E-state index in [4.69, 9.17) is 10.5 Å². The highest BCUT2D eigenvalue weighted by atomic mass is 19.1. The summed E-state index contributed by atoms with van der Waals surface area (Å²) in [6.45, 7) is 0.351. The maximum Gasteiger partial charge on any atom is 0.212 e. The number of nitrogen functional groups attached to an aromatic ring is 1. The van der Waals surface area contributed by atoms with Crippen LogP contribution in [-0.2, 0) is 6.54 Å². The zero-order chi connectivity index (χ0) is 13.8. The number of rotatable bonds is 4. The highest BCUT2D eigenvalue weighted by Crippen LogP contribution is 2.23. The smallest absolute Gasteiger partial charge is 0.212 e. The van der Waals surface area contributed by atoms with Gasteiger partial charge in [0.1, 0.15) is 5.82 Å². The molecule has 0 atom stereocenters. The van der Waals surface area contributed by atoms with E-state index in [0.29, 0.717) is 12.4 Å². The highest BCUT2D eigenvalue weighted by molar-refractivity contribution is 5.66. The van der Waals surface area contributed by atoms with Crippen LogP contribution in [0.2, 0.25) is 0 Å². The Labute approximate surface area is 109 Å². The molecular formula is C13H13F2N3O. The molecule has 2 aromatic rings. The Morgan fingerprint density at radius 1 is 1.32 bits per heavy atom. The van der Waals surface area contributed by atoms with E-state index in [-0.39, 0.29) is 11.4 Å². The summed E-state index contributed by atoms with van der Waals surface area (Å²) < 4.78 is 31.2. The van der Waals surface area contributed by atoms with Crippen molar-refractivity contribution >= 4 is 11.4 Å². The highest BCUT2D eigenvalue weighted by Gasteiger charge is 2.07. The zero-order valence-electron chi connectivity index (χ0n) is 10.3. The van der Waals surface area contributed by atoms with Crippen molar-refractivity contribution < 1.29 is 13.5 Å². The summed E-state index contributed by atoms with van der Waals surface area (Å²) in [6.07, 6.45) is 1.61. The van der Waals surface area contributed by atoms with Gasteiger partial charge in [-0.2, -0.15) is 0 Å². The lowest BCUT2D eigenvalue weighted by atomic mass is 10.2. The number of hydrogen-bond acceptors (Lipinski definition) is 4. The monoisotopic (exact) mass is 265 g/mol. The van der Waals surface area contributed by atoms with Gasteiger partial charge in [0, 0.05) is 24.9 Å². The average molecular weight is 265 g/mol. The molecular weight excluding hydrogens is 252 g/mol. The van der Waals surface area contributed by atoms with Gasteiger partial charge in [-0.25, -0.2) is 13.8 Å². The molecule has 100 valence electrons. The van der Waals surface area contributed by atoms with Crippen LogP contribution in [-0.4, -0.2) is 12.1 Å². The molecule has 1 aromatic carbocycles. The summed E-state index contributed by atoms with van der Waals surface area (Å²) in [7, 11) is 1.52. The number of nitrogens with zero attached hydrogens (tertiary/aromatic N) is 1. The lowest BCUT2D eigenvalue weighted by Gasteiger charge is -2.10. The van der Waals surface area contributed by atoms with E-state index >= 15 is 0 Å². The summed E-state index contributed by atoms with van der Waals surface area (Å²) in [6, 6.07) is 5.39. The van der Waals surface area contributed by atoms with Crippen molar-refractivity contribution in [2.45, 2.75) is 6.54 Å². The lowest BCUT2D eigenvalue weighted by Crippen LogP contribution is -2.05.